The second-order valence-electron chi connectivity index (χ2n) is 7.43. The first-order valence-electron chi connectivity index (χ1n) is 9.91. The van der Waals surface area contributed by atoms with Crippen molar-refractivity contribution in [2.45, 2.75) is 29.7 Å². The fourth-order valence-electron chi connectivity index (χ4n) is 4.19. The zero-order valence-electron chi connectivity index (χ0n) is 16.2. The van der Waals surface area contributed by atoms with Gasteiger partial charge >= 0.3 is 0 Å². The Morgan fingerprint density at radius 3 is 2.63 bits per heavy atom. The minimum atomic E-state index is -0.389. The largest absolute Gasteiger partial charge is 0.343 e. The van der Waals surface area contributed by atoms with Crippen LogP contribution < -0.4 is 10.9 Å². The molecule has 5 rings (SSSR count). The molecule has 0 spiro atoms. The van der Waals surface area contributed by atoms with Gasteiger partial charge in [-0.25, -0.2) is 4.98 Å². The van der Waals surface area contributed by atoms with Crippen molar-refractivity contribution in [3.8, 4) is 0 Å². The zero-order valence-corrected chi connectivity index (χ0v) is 17.0. The summed E-state index contributed by atoms with van der Waals surface area (Å²) in [6.07, 6.45) is 6.64. The molecule has 0 radical (unpaired) electrons. The van der Waals surface area contributed by atoms with Gasteiger partial charge < -0.3 is 10.3 Å². The first-order valence-corrected chi connectivity index (χ1v) is 10.9. The van der Waals surface area contributed by atoms with Gasteiger partial charge in [0.25, 0.3) is 5.56 Å². The fraction of sp³-hybridized carbons (Fsp3) is 0.217. The Labute approximate surface area is 177 Å². The van der Waals surface area contributed by atoms with Gasteiger partial charge in [-0.2, -0.15) is 0 Å². The summed E-state index contributed by atoms with van der Waals surface area (Å²) in [5.41, 5.74) is 3.21. The van der Waals surface area contributed by atoms with Gasteiger partial charge in [-0.05, 0) is 29.7 Å². The van der Waals surface area contributed by atoms with Gasteiger partial charge in [0.15, 0.2) is 5.16 Å². The van der Waals surface area contributed by atoms with E-state index in [9.17, 15) is 9.59 Å². The van der Waals surface area contributed by atoms with Gasteiger partial charge in [-0.1, -0.05) is 48.2 Å². The number of nitrogens with one attached hydrogen (secondary N) is 2. The number of ketones is 1. The summed E-state index contributed by atoms with van der Waals surface area (Å²) in [6.45, 7) is 0. The summed E-state index contributed by atoms with van der Waals surface area (Å²) in [7, 11) is 0. The van der Waals surface area contributed by atoms with E-state index >= 15 is 0 Å². The van der Waals surface area contributed by atoms with Crippen molar-refractivity contribution in [1.29, 1.82) is 0 Å². The van der Waals surface area contributed by atoms with Crippen molar-refractivity contribution in [2.24, 2.45) is 5.92 Å². The van der Waals surface area contributed by atoms with Crippen molar-refractivity contribution in [3.05, 3.63) is 93.7 Å². The molecule has 1 aliphatic carbocycles. The number of aromatic nitrogens is 3. The number of carbonyl (C=O) groups excluding carboxylic acids is 1. The second-order valence-corrected chi connectivity index (χ2v) is 8.40. The number of Topliss-reactive ketones (excluding diaryl/α,β-unsaturated/α-hetero) is 1. The van der Waals surface area contributed by atoms with Gasteiger partial charge in [0.2, 0.25) is 0 Å². The van der Waals surface area contributed by atoms with E-state index in [2.05, 4.69) is 21.4 Å². The molecule has 0 bridgehead atoms. The number of nitrogens with zero attached hydrogens (tertiary/aromatic N) is 2. The lowest BCUT2D eigenvalue weighted by Crippen LogP contribution is -2.38. The van der Waals surface area contributed by atoms with E-state index in [4.69, 9.17) is 4.98 Å². The molecule has 7 heteroatoms. The number of allylic oxidation sites excluding steroid dienone is 2. The Balaban J connectivity index is 1.57. The maximum atomic E-state index is 13.2. The molecule has 3 heterocycles. The standard InChI is InChI=1S/C23H20N4O2S/c28-17-8-4-7-16-19(17)18(15-9-11-24-12-10-15)20-21(25-16)26-23(27-22(20)29)30-13-14-5-2-1-3-6-14/h1-3,5-7,9-12,18-19H,4,8,13H2,(H2,25,26,27,29)/t18-,19-/m0/s1. The molecule has 2 N–H and O–H groups in total. The molecule has 2 aliphatic rings. The van der Waals surface area contributed by atoms with Gasteiger partial charge in [-0.3, -0.25) is 14.6 Å². The van der Waals surface area contributed by atoms with Crippen molar-refractivity contribution in [2.75, 3.05) is 5.32 Å². The van der Waals surface area contributed by atoms with Crippen LogP contribution in [0.3, 0.4) is 0 Å². The van der Waals surface area contributed by atoms with Crippen molar-refractivity contribution in [1.82, 2.24) is 15.0 Å². The summed E-state index contributed by atoms with van der Waals surface area (Å²) < 4.78 is 0. The molecule has 2 atom stereocenters. The molecule has 150 valence electrons. The van der Waals surface area contributed by atoms with E-state index < -0.39 is 0 Å². The zero-order chi connectivity index (χ0) is 20.5. The molecule has 0 unspecified atom stereocenters. The highest BCUT2D eigenvalue weighted by atomic mass is 32.2. The average molecular weight is 417 g/mol. The predicted molar refractivity (Wildman–Crippen MR) is 116 cm³/mol. The van der Waals surface area contributed by atoms with Gasteiger partial charge in [0.1, 0.15) is 11.6 Å². The van der Waals surface area contributed by atoms with E-state index in [-0.39, 0.29) is 23.2 Å². The van der Waals surface area contributed by atoms with Crippen LogP contribution in [0.4, 0.5) is 5.82 Å². The Kier molecular flexibility index (Phi) is 4.96. The highest BCUT2D eigenvalue weighted by Crippen LogP contribution is 2.44. The summed E-state index contributed by atoms with van der Waals surface area (Å²) in [6, 6.07) is 13.8. The minimum Gasteiger partial charge on any atom is -0.343 e. The lowest BCUT2D eigenvalue weighted by atomic mass is 9.72. The SMILES string of the molecule is O=C1CCC=C2Nc3nc(SCc4ccccc4)[nH]c(=O)c3[C@@H](c3ccncc3)[C@H]12. The molecular weight excluding hydrogens is 396 g/mol. The van der Waals surface area contributed by atoms with Crippen LogP contribution in [-0.2, 0) is 10.5 Å². The highest BCUT2D eigenvalue weighted by molar-refractivity contribution is 7.98. The molecule has 30 heavy (non-hydrogen) atoms. The monoisotopic (exact) mass is 416 g/mol. The smallest absolute Gasteiger partial charge is 0.257 e. The van der Waals surface area contributed by atoms with Crippen LogP contribution in [-0.4, -0.2) is 20.7 Å². The average Bonchev–Trinajstić information content (AvgIpc) is 2.78. The Morgan fingerprint density at radius 1 is 1.03 bits per heavy atom. The number of hydrogen-bond donors (Lipinski definition) is 2. The van der Waals surface area contributed by atoms with E-state index in [1.54, 1.807) is 12.4 Å². The Bertz CT molecular complexity index is 1170. The molecule has 0 saturated carbocycles. The van der Waals surface area contributed by atoms with Crippen LogP contribution in [0.15, 0.2) is 76.6 Å². The molecule has 2 aromatic heterocycles. The quantitative estimate of drug-likeness (QED) is 0.496. The Hall–Kier alpha value is -3.19. The van der Waals surface area contributed by atoms with E-state index in [1.165, 1.54) is 11.8 Å². The minimum absolute atomic E-state index is 0.148. The number of carbonyl (C=O) groups is 1. The van der Waals surface area contributed by atoms with Crippen molar-refractivity contribution in [3.63, 3.8) is 0 Å². The number of thioether (sulfide) groups is 1. The van der Waals surface area contributed by atoms with Crippen LogP contribution in [0.25, 0.3) is 0 Å². The fourth-order valence-corrected chi connectivity index (χ4v) is 5.01. The molecule has 0 fully saturated rings. The molecular formula is C23H20N4O2S. The maximum absolute atomic E-state index is 13.2. The lowest BCUT2D eigenvalue weighted by molar-refractivity contribution is -0.122. The third-order valence-corrected chi connectivity index (χ3v) is 6.51. The van der Waals surface area contributed by atoms with Gasteiger partial charge in [-0.15, -0.1) is 0 Å². The summed E-state index contributed by atoms with van der Waals surface area (Å²) in [5.74, 6) is 0.634. The van der Waals surface area contributed by atoms with E-state index in [0.717, 1.165) is 16.8 Å². The molecule has 1 aromatic carbocycles. The number of aromatic amines is 1. The molecule has 0 amide bonds. The number of rotatable bonds is 4. The predicted octanol–water partition coefficient (Wildman–Crippen LogP) is 3.88. The third-order valence-electron chi connectivity index (χ3n) is 5.56. The van der Waals surface area contributed by atoms with Gasteiger partial charge in [0, 0.05) is 36.2 Å². The normalized spacial score (nSPS) is 20.0. The number of hydrogen-bond acceptors (Lipinski definition) is 6. The third kappa shape index (κ3) is 3.45. The van der Waals surface area contributed by atoms with Crippen LogP contribution in [0.5, 0.6) is 0 Å². The van der Waals surface area contributed by atoms with Crippen LogP contribution in [0.1, 0.15) is 35.4 Å². The molecule has 3 aromatic rings. The summed E-state index contributed by atoms with van der Waals surface area (Å²) in [5, 5.41) is 3.85. The number of pyridine rings is 1. The lowest BCUT2D eigenvalue weighted by Gasteiger charge is -2.36. The van der Waals surface area contributed by atoms with Gasteiger partial charge in [0.05, 0.1) is 11.5 Å². The first-order chi connectivity index (χ1) is 14.7. The topological polar surface area (TPSA) is 87.7 Å². The summed E-state index contributed by atoms with van der Waals surface area (Å²) >= 11 is 1.48. The Morgan fingerprint density at radius 2 is 1.83 bits per heavy atom. The van der Waals surface area contributed by atoms with Crippen LogP contribution >= 0.6 is 11.8 Å². The van der Waals surface area contributed by atoms with Crippen molar-refractivity contribution < 1.29 is 4.79 Å². The van der Waals surface area contributed by atoms with E-state index in [1.807, 2.05) is 42.5 Å². The molecule has 1 aliphatic heterocycles. The number of benzene rings is 1. The summed E-state index contributed by atoms with van der Waals surface area (Å²) in [4.78, 5) is 37.7. The molecule has 6 nitrogen and oxygen atoms in total. The molecule has 0 saturated heterocycles. The van der Waals surface area contributed by atoms with Crippen LogP contribution in [0.2, 0.25) is 0 Å². The van der Waals surface area contributed by atoms with Crippen LogP contribution in [0, 0.1) is 5.92 Å². The number of anilines is 1. The number of fused-ring (bicyclic) bond motifs is 2. The second kappa shape index (κ2) is 7.91. The maximum Gasteiger partial charge on any atom is 0.257 e. The van der Waals surface area contributed by atoms with E-state index in [0.29, 0.717) is 35.1 Å². The number of H-pyrrole nitrogens is 1. The first kappa shape index (κ1) is 18.8. The highest BCUT2D eigenvalue weighted by Gasteiger charge is 2.42. The van der Waals surface area contributed by atoms with Crippen molar-refractivity contribution >= 4 is 23.4 Å².